The zero-order valence-corrected chi connectivity index (χ0v) is 7.05. The third-order valence-electron chi connectivity index (χ3n) is 3.11. The van der Waals surface area contributed by atoms with E-state index < -0.39 is 0 Å². The molecule has 2 fully saturated rings. The highest BCUT2D eigenvalue weighted by Crippen LogP contribution is 2.35. The molecule has 2 aliphatic rings. The van der Waals surface area contributed by atoms with Crippen LogP contribution >= 0.6 is 0 Å². The summed E-state index contributed by atoms with van der Waals surface area (Å²) in [5.74, 6) is 1.49. The fourth-order valence-corrected chi connectivity index (χ4v) is 2.48. The van der Waals surface area contributed by atoms with Gasteiger partial charge in [0.2, 0.25) is 5.91 Å². The lowest BCUT2D eigenvalue weighted by Gasteiger charge is -2.21. The van der Waals surface area contributed by atoms with Gasteiger partial charge in [-0.1, -0.05) is 12.8 Å². The minimum atomic E-state index is 0.397. The van der Waals surface area contributed by atoms with Gasteiger partial charge in [0.15, 0.2) is 0 Å². The Hall–Kier alpha value is -0.530. The number of carbonyl (C=O) groups excluding carboxylic acids is 1. The highest BCUT2D eigenvalue weighted by Gasteiger charge is 2.39. The first-order chi connectivity index (χ1) is 5.29. The van der Waals surface area contributed by atoms with Crippen LogP contribution in [0.5, 0.6) is 0 Å². The first-order valence-corrected chi connectivity index (χ1v) is 4.54. The standard InChI is InChI=1S/C9H15NO/c1-10-6-7-4-2-3-5-8(7)9(10)11/h7-8H,2-6H2,1H3/t7-,8?/m1/s1. The quantitative estimate of drug-likeness (QED) is 0.513. The molecule has 2 nitrogen and oxygen atoms in total. The predicted molar refractivity (Wildman–Crippen MR) is 43.1 cm³/mol. The van der Waals surface area contributed by atoms with E-state index in [9.17, 15) is 4.79 Å². The van der Waals surface area contributed by atoms with Crippen molar-refractivity contribution in [3.63, 3.8) is 0 Å². The molecule has 2 heteroatoms. The second-order valence-electron chi connectivity index (χ2n) is 3.87. The minimum Gasteiger partial charge on any atom is -0.345 e. The van der Waals surface area contributed by atoms with Gasteiger partial charge in [0.05, 0.1) is 0 Å². The number of carbonyl (C=O) groups is 1. The normalized spacial score (nSPS) is 37.5. The van der Waals surface area contributed by atoms with Crippen LogP contribution in [0.3, 0.4) is 0 Å². The van der Waals surface area contributed by atoms with Crippen LogP contribution in [0.15, 0.2) is 0 Å². The molecule has 1 saturated heterocycles. The molecule has 0 radical (unpaired) electrons. The molecule has 1 saturated carbocycles. The van der Waals surface area contributed by atoms with Gasteiger partial charge >= 0.3 is 0 Å². The van der Waals surface area contributed by atoms with E-state index in [0.29, 0.717) is 17.7 Å². The van der Waals surface area contributed by atoms with Crippen LogP contribution in [0.2, 0.25) is 0 Å². The summed E-state index contributed by atoms with van der Waals surface area (Å²) in [6.45, 7) is 1.02. The Morgan fingerprint density at radius 1 is 1.36 bits per heavy atom. The van der Waals surface area contributed by atoms with Gasteiger partial charge in [0.25, 0.3) is 0 Å². The van der Waals surface area contributed by atoms with E-state index in [-0.39, 0.29) is 0 Å². The Morgan fingerprint density at radius 2 is 2.09 bits per heavy atom. The van der Waals surface area contributed by atoms with Crippen molar-refractivity contribution in [1.82, 2.24) is 4.90 Å². The highest BCUT2D eigenvalue weighted by atomic mass is 16.2. The second kappa shape index (κ2) is 2.50. The fraction of sp³-hybridized carbons (Fsp3) is 0.889. The largest absolute Gasteiger partial charge is 0.345 e. The first kappa shape index (κ1) is 7.14. The number of likely N-dealkylation sites (tertiary alicyclic amines) is 1. The van der Waals surface area contributed by atoms with E-state index in [4.69, 9.17) is 0 Å². The monoisotopic (exact) mass is 153 g/mol. The minimum absolute atomic E-state index is 0.397. The highest BCUT2D eigenvalue weighted by molar-refractivity contribution is 5.81. The summed E-state index contributed by atoms with van der Waals surface area (Å²) in [7, 11) is 1.93. The summed E-state index contributed by atoms with van der Waals surface area (Å²) in [4.78, 5) is 13.4. The SMILES string of the molecule is CN1C[C@H]2CCCCC2C1=O. The Balaban J connectivity index is 2.11. The maximum Gasteiger partial charge on any atom is 0.225 e. The Bertz CT molecular complexity index is 178. The molecule has 0 aromatic carbocycles. The zero-order valence-electron chi connectivity index (χ0n) is 7.05. The Kier molecular flexibility index (Phi) is 1.63. The van der Waals surface area contributed by atoms with Crippen molar-refractivity contribution in [3.8, 4) is 0 Å². The maximum atomic E-state index is 11.5. The lowest BCUT2D eigenvalue weighted by Crippen LogP contribution is -2.23. The van der Waals surface area contributed by atoms with E-state index in [0.717, 1.165) is 13.0 Å². The number of hydrogen-bond donors (Lipinski definition) is 0. The third kappa shape index (κ3) is 1.05. The van der Waals surface area contributed by atoms with Crippen molar-refractivity contribution in [1.29, 1.82) is 0 Å². The molecule has 2 atom stereocenters. The van der Waals surface area contributed by atoms with Gasteiger partial charge in [0.1, 0.15) is 0 Å². The number of nitrogens with zero attached hydrogens (tertiary/aromatic N) is 1. The molecule has 0 spiro atoms. The topological polar surface area (TPSA) is 20.3 Å². The summed E-state index contributed by atoms with van der Waals surface area (Å²) in [5.41, 5.74) is 0. The van der Waals surface area contributed by atoms with Crippen molar-refractivity contribution in [2.75, 3.05) is 13.6 Å². The maximum absolute atomic E-state index is 11.5. The van der Waals surface area contributed by atoms with Crippen LogP contribution in [0.1, 0.15) is 25.7 Å². The van der Waals surface area contributed by atoms with Crippen LogP contribution in [-0.2, 0) is 4.79 Å². The lowest BCUT2D eigenvalue weighted by molar-refractivity contribution is -0.130. The zero-order chi connectivity index (χ0) is 7.84. The van der Waals surface area contributed by atoms with Crippen LogP contribution in [0.25, 0.3) is 0 Å². The average Bonchev–Trinajstić information content (AvgIpc) is 2.30. The van der Waals surface area contributed by atoms with E-state index in [1.165, 1.54) is 19.3 Å². The summed E-state index contributed by atoms with van der Waals surface area (Å²) >= 11 is 0. The van der Waals surface area contributed by atoms with E-state index in [1.54, 1.807) is 0 Å². The van der Waals surface area contributed by atoms with Gasteiger partial charge < -0.3 is 4.90 Å². The molecule has 0 N–H and O–H groups in total. The van der Waals surface area contributed by atoms with Crippen molar-refractivity contribution in [2.45, 2.75) is 25.7 Å². The molecule has 0 aromatic rings. The molecule has 1 heterocycles. The van der Waals surface area contributed by atoms with Crippen LogP contribution in [0.4, 0.5) is 0 Å². The van der Waals surface area contributed by atoms with Crippen molar-refractivity contribution in [2.24, 2.45) is 11.8 Å². The summed E-state index contributed by atoms with van der Waals surface area (Å²) in [6, 6.07) is 0. The van der Waals surface area contributed by atoms with Crippen LogP contribution in [-0.4, -0.2) is 24.4 Å². The third-order valence-corrected chi connectivity index (χ3v) is 3.11. The van der Waals surface area contributed by atoms with Crippen molar-refractivity contribution < 1.29 is 4.79 Å². The Morgan fingerprint density at radius 3 is 2.82 bits per heavy atom. The molecule has 11 heavy (non-hydrogen) atoms. The fourth-order valence-electron chi connectivity index (χ4n) is 2.48. The van der Waals surface area contributed by atoms with Crippen molar-refractivity contribution >= 4 is 5.91 Å². The van der Waals surface area contributed by atoms with Crippen LogP contribution in [0, 0.1) is 11.8 Å². The summed E-state index contributed by atoms with van der Waals surface area (Å²) in [5, 5.41) is 0. The molecule has 2 rings (SSSR count). The number of rotatable bonds is 0. The van der Waals surface area contributed by atoms with Crippen LogP contribution < -0.4 is 0 Å². The molecule has 1 amide bonds. The Labute approximate surface area is 67.6 Å². The molecule has 1 aliphatic heterocycles. The van der Waals surface area contributed by atoms with E-state index in [1.807, 2.05) is 11.9 Å². The number of fused-ring (bicyclic) bond motifs is 1. The van der Waals surface area contributed by atoms with Gasteiger partial charge in [-0.15, -0.1) is 0 Å². The van der Waals surface area contributed by atoms with Gasteiger partial charge in [-0.3, -0.25) is 4.79 Å². The van der Waals surface area contributed by atoms with Gasteiger partial charge in [-0.25, -0.2) is 0 Å². The lowest BCUT2D eigenvalue weighted by atomic mass is 9.81. The summed E-state index contributed by atoms with van der Waals surface area (Å²) in [6.07, 6.45) is 5.03. The summed E-state index contributed by atoms with van der Waals surface area (Å²) < 4.78 is 0. The van der Waals surface area contributed by atoms with Gasteiger partial charge in [-0.2, -0.15) is 0 Å². The second-order valence-corrected chi connectivity index (χ2v) is 3.87. The molecule has 62 valence electrons. The van der Waals surface area contributed by atoms with Gasteiger partial charge in [0, 0.05) is 19.5 Å². The molecule has 0 aromatic heterocycles. The van der Waals surface area contributed by atoms with E-state index >= 15 is 0 Å². The predicted octanol–water partition coefficient (Wildman–Crippen LogP) is 1.26. The first-order valence-electron chi connectivity index (χ1n) is 4.54. The number of amides is 1. The van der Waals surface area contributed by atoms with Gasteiger partial charge in [-0.05, 0) is 18.8 Å². The molecule has 1 aliphatic carbocycles. The molecule has 0 bridgehead atoms. The van der Waals surface area contributed by atoms with E-state index in [2.05, 4.69) is 0 Å². The molecular formula is C9H15NO. The average molecular weight is 153 g/mol. The smallest absolute Gasteiger partial charge is 0.225 e. The molecular weight excluding hydrogens is 138 g/mol. The number of hydrogen-bond acceptors (Lipinski definition) is 1. The molecule has 1 unspecified atom stereocenters. The van der Waals surface area contributed by atoms with Crippen molar-refractivity contribution in [3.05, 3.63) is 0 Å².